The van der Waals surface area contributed by atoms with Crippen molar-refractivity contribution < 1.29 is 4.79 Å². The highest BCUT2D eigenvalue weighted by Gasteiger charge is 2.24. The van der Waals surface area contributed by atoms with Gasteiger partial charge < -0.3 is 9.80 Å². The third-order valence-electron chi connectivity index (χ3n) is 6.20. The van der Waals surface area contributed by atoms with E-state index in [-0.39, 0.29) is 5.91 Å². The molecule has 3 heterocycles. The van der Waals surface area contributed by atoms with Crippen LogP contribution in [-0.4, -0.2) is 47.0 Å². The second-order valence-electron chi connectivity index (χ2n) is 8.17. The quantitative estimate of drug-likeness (QED) is 0.486. The van der Waals surface area contributed by atoms with Gasteiger partial charge in [-0.15, -0.1) is 0 Å². The Balaban J connectivity index is 1.42. The molecule has 0 radical (unpaired) electrons. The number of benzene rings is 2. The molecule has 1 saturated heterocycles. The largest absolute Gasteiger partial charge is 0.353 e. The molecule has 32 heavy (non-hydrogen) atoms. The van der Waals surface area contributed by atoms with E-state index in [0.29, 0.717) is 19.5 Å². The standard InChI is InChI=1S/C27H26N4O/c1-20-23(19-26(32)31-17-15-30(16-18-31)25-13-7-8-14-28-25)27(21-9-3-2-4-10-21)22-11-5-6-12-24(22)29-20/h2-14H,15-19H2,1H3. The van der Waals surface area contributed by atoms with E-state index in [1.54, 1.807) is 0 Å². The first-order valence-corrected chi connectivity index (χ1v) is 11.1. The van der Waals surface area contributed by atoms with E-state index in [4.69, 9.17) is 4.98 Å². The van der Waals surface area contributed by atoms with Crippen LogP contribution in [0.5, 0.6) is 0 Å². The van der Waals surface area contributed by atoms with E-state index >= 15 is 0 Å². The van der Waals surface area contributed by atoms with Gasteiger partial charge in [0.1, 0.15) is 5.82 Å². The smallest absolute Gasteiger partial charge is 0.227 e. The molecule has 5 nitrogen and oxygen atoms in total. The number of hydrogen-bond donors (Lipinski definition) is 0. The lowest BCUT2D eigenvalue weighted by Gasteiger charge is -2.35. The van der Waals surface area contributed by atoms with Crippen LogP contribution in [0.1, 0.15) is 11.3 Å². The summed E-state index contributed by atoms with van der Waals surface area (Å²) >= 11 is 0. The van der Waals surface area contributed by atoms with Gasteiger partial charge in [-0.3, -0.25) is 9.78 Å². The molecule has 0 bridgehead atoms. The Bertz CT molecular complexity index is 1230. The van der Waals surface area contributed by atoms with Gasteiger partial charge >= 0.3 is 0 Å². The molecular formula is C27H26N4O. The van der Waals surface area contributed by atoms with Crippen molar-refractivity contribution in [1.29, 1.82) is 0 Å². The van der Waals surface area contributed by atoms with E-state index in [1.807, 2.05) is 72.6 Å². The molecule has 160 valence electrons. The van der Waals surface area contributed by atoms with E-state index in [1.165, 1.54) is 0 Å². The monoisotopic (exact) mass is 422 g/mol. The number of rotatable bonds is 4. The molecule has 2 aromatic carbocycles. The van der Waals surface area contributed by atoms with Gasteiger partial charge in [-0.05, 0) is 41.8 Å². The fraction of sp³-hybridized carbons (Fsp3) is 0.222. The van der Waals surface area contributed by atoms with Crippen molar-refractivity contribution in [1.82, 2.24) is 14.9 Å². The Morgan fingerprint density at radius 1 is 0.875 bits per heavy atom. The Morgan fingerprint density at radius 2 is 1.59 bits per heavy atom. The number of aryl methyl sites for hydroxylation is 1. The van der Waals surface area contributed by atoms with Crippen molar-refractivity contribution in [2.24, 2.45) is 0 Å². The SMILES string of the molecule is Cc1nc2ccccc2c(-c2ccccc2)c1CC(=O)N1CCN(c2ccccn2)CC1. The third-order valence-corrected chi connectivity index (χ3v) is 6.20. The summed E-state index contributed by atoms with van der Waals surface area (Å²) < 4.78 is 0. The summed E-state index contributed by atoms with van der Waals surface area (Å²) in [5.41, 5.74) is 5.14. The Morgan fingerprint density at radius 3 is 2.34 bits per heavy atom. The first-order valence-electron chi connectivity index (χ1n) is 11.1. The number of carbonyl (C=O) groups excluding carboxylic acids is 1. The van der Waals surface area contributed by atoms with Crippen LogP contribution in [0.2, 0.25) is 0 Å². The first kappa shape index (κ1) is 20.2. The third kappa shape index (κ3) is 3.94. The number of anilines is 1. The number of piperazine rings is 1. The summed E-state index contributed by atoms with van der Waals surface area (Å²) in [6, 6.07) is 24.5. The van der Waals surface area contributed by atoms with Crippen LogP contribution in [0.4, 0.5) is 5.82 Å². The molecule has 0 aliphatic carbocycles. The van der Waals surface area contributed by atoms with Gasteiger partial charge in [0, 0.05) is 43.5 Å². The molecule has 0 N–H and O–H groups in total. The molecule has 0 atom stereocenters. The minimum absolute atomic E-state index is 0.156. The minimum atomic E-state index is 0.156. The molecule has 1 aliphatic rings. The topological polar surface area (TPSA) is 49.3 Å². The van der Waals surface area contributed by atoms with Crippen LogP contribution >= 0.6 is 0 Å². The first-order chi connectivity index (χ1) is 15.7. The van der Waals surface area contributed by atoms with Crippen LogP contribution in [-0.2, 0) is 11.2 Å². The van der Waals surface area contributed by atoms with Gasteiger partial charge in [-0.2, -0.15) is 0 Å². The molecule has 1 fully saturated rings. The molecular weight excluding hydrogens is 396 g/mol. The summed E-state index contributed by atoms with van der Waals surface area (Å²) in [6.45, 7) is 5.01. The highest BCUT2D eigenvalue weighted by atomic mass is 16.2. The Hall–Kier alpha value is -3.73. The van der Waals surface area contributed by atoms with Gasteiger partial charge in [0.25, 0.3) is 0 Å². The number of aromatic nitrogens is 2. The summed E-state index contributed by atoms with van der Waals surface area (Å²) in [4.78, 5) is 26.8. The molecule has 0 saturated carbocycles. The fourth-order valence-electron chi connectivity index (χ4n) is 4.51. The van der Waals surface area contributed by atoms with Crippen LogP contribution in [0.25, 0.3) is 22.0 Å². The van der Waals surface area contributed by atoms with Crippen molar-refractivity contribution in [3.8, 4) is 11.1 Å². The molecule has 1 amide bonds. The van der Waals surface area contributed by atoms with Crippen molar-refractivity contribution in [3.05, 3.63) is 90.3 Å². The predicted molar refractivity (Wildman–Crippen MR) is 129 cm³/mol. The van der Waals surface area contributed by atoms with Gasteiger partial charge in [0.15, 0.2) is 0 Å². The number of amides is 1. The van der Waals surface area contributed by atoms with Gasteiger partial charge in [0.2, 0.25) is 5.91 Å². The van der Waals surface area contributed by atoms with E-state index in [0.717, 1.165) is 52.2 Å². The van der Waals surface area contributed by atoms with Crippen molar-refractivity contribution in [2.75, 3.05) is 31.1 Å². The number of fused-ring (bicyclic) bond motifs is 1. The summed E-state index contributed by atoms with van der Waals surface area (Å²) in [5.74, 6) is 1.13. The van der Waals surface area contributed by atoms with Crippen LogP contribution in [0.15, 0.2) is 79.0 Å². The Kier molecular flexibility index (Phi) is 5.55. The summed E-state index contributed by atoms with van der Waals surface area (Å²) in [5, 5.41) is 1.09. The number of para-hydroxylation sites is 1. The van der Waals surface area contributed by atoms with Crippen molar-refractivity contribution in [3.63, 3.8) is 0 Å². The average molecular weight is 423 g/mol. The van der Waals surface area contributed by atoms with E-state index in [2.05, 4.69) is 28.1 Å². The number of pyridine rings is 2. The van der Waals surface area contributed by atoms with Crippen LogP contribution < -0.4 is 4.90 Å². The zero-order valence-corrected chi connectivity index (χ0v) is 18.2. The summed E-state index contributed by atoms with van der Waals surface area (Å²) in [6.07, 6.45) is 2.17. The molecule has 0 unspecified atom stereocenters. The molecule has 4 aromatic rings. The maximum Gasteiger partial charge on any atom is 0.227 e. The van der Waals surface area contributed by atoms with Crippen LogP contribution in [0, 0.1) is 6.92 Å². The minimum Gasteiger partial charge on any atom is -0.353 e. The lowest BCUT2D eigenvalue weighted by atomic mass is 9.92. The number of carbonyl (C=O) groups is 1. The second-order valence-corrected chi connectivity index (χ2v) is 8.17. The molecule has 2 aromatic heterocycles. The van der Waals surface area contributed by atoms with E-state index in [9.17, 15) is 4.79 Å². The molecule has 1 aliphatic heterocycles. The second kappa shape index (κ2) is 8.79. The highest BCUT2D eigenvalue weighted by molar-refractivity contribution is 5.98. The zero-order valence-electron chi connectivity index (χ0n) is 18.2. The Labute approximate surface area is 188 Å². The normalized spacial score (nSPS) is 14.0. The molecule has 5 rings (SSSR count). The van der Waals surface area contributed by atoms with Crippen LogP contribution in [0.3, 0.4) is 0 Å². The number of hydrogen-bond acceptors (Lipinski definition) is 4. The maximum absolute atomic E-state index is 13.3. The predicted octanol–water partition coefficient (Wildman–Crippen LogP) is 4.50. The maximum atomic E-state index is 13.3. The van der Waals surface area contributed by atoms with Gasteiger partial charge in [-0.1, -0.05) is 54.6 Å². The average Bonchev–Trinajstić information content (AvgIpc) is 2.85. The van der Waals surface area contributed by atoms with Gasteiger partial charge in [0.05, 0.1) is 11.9 Å². The highest BCUT2D eigenvalue weighted by Crippen LogP contribution is 2.33. The fourth-order valence-corrected chi connectivity index (χ4v) is 4.51. The number of nitrogens with zero attached hydrogens (tertiary/aromatic N) is 4. The van der Waals surface area contributed by atoms with Gasteiger partial charge in [-0.25, -0.2) is 4.98 Å². The molecule has 5 heteroatoms. The lowest BCUT2D eigenvalue weighted by molar-refractivity contribution is -0.130. The molecule has 0 spiro atoms. The van der Waals surface area contributed by atoms with Crippen molar-refractivity contribution in [2.45, 2.75) is 13.3 Å². The lowest BCUT2D eigenvalue weighted by Crippen LogP contribution is -2.49. The summed E-state index contributed by atoms with van der Waals surface area (Å²) in [7, 11) is 0. The van der Waals surface area contributed by atoms with E-state index < -0.39 is 0 Å². The zero-order chi connectivity index (χ0) is 21.9. The van der Waals surface area contributed by atoms with Crippen molar-refractivity contribution >= 4 is 22.6 Å².